The van der Waals surface area contributed by atoms with Crippen LogP contribution in [0.25, 0.3) is 0 Å². The van der Waals surface area contributed by atoms with E-state index >= 15 is 0 Å². The average molecular weight is 290 g/mol. The first-order valence-electron chi connectivity index (χ1n) is 7.38. The number of nitrogens with zero attached hydrogens (tertiary/aromatic N) is 1. The summed E-state index contributed by atoms with van der Waals surface area (Å²) >= 11 is 0. The number of amides is 2. The van der Waals surface area contributed by atoms with Crippen molar-refractivity contribution in [2.45, 2.75) is 39.7 Å². The predicted molar refractivity (Wildman–Crippen MR) is 81.9 cm³/mol. The molecule has 0 radical (unpaired) electrons. The standard InChI is InChI=1S/C16H22N2O3/c1-4-13(10(2)3)17-16(21)18-8-7-11-9-12(15(19)20)5-6-14(11)18/h5-6,9-10,13H,4,7-8H2,1-3H3,(H,17,21)(H,19,20). The van der Waals surface area contributed by atoms with Crippen LogP contribution in [-0.4, -0.2) is 29.7 Å². The summed E-state index contributed by atoms with van der Waals surface area (Å²) in [5.74, 6) is -0.554. The van der Waals surface area contributed by atoms with E-state index in [0.29, 0.717) is 18.9 Å². The van der Waals surface area contributed by atoms with Crippen LogP contribution in [0.1, 0.15) is 43.1 Å². The second kappa shape index (κ2) is 6.16. The van der Waals surface area contributed by atoms with Gasteiger partial charge in [-0.3, -0.25) is 4.90 Å². The number of carboxylic acid groups (broad SMARTS) is 1. The van der Waals surface area contributed by atoms with Gasteiger partial charge >= 0.3 is 12.0 Å². The van der Waals surface area contributed by atoms with Crippen molar-refractivity contribution in [3.63, 3.8) is 0 Å². The molecular formula is C16H22N2O3. The van der Waals surface area contributed by atoms with Gasteiger partial charge in [-0.1, -0.05) is 20.8 Å². The van der Waals surface area contributed by atoms with Crippen LogP contribution in [0.15, 0.2) is 18.2 Å². The molecule has 5 nitrogen and oxygen atoms in total. The smallest absolute Gasteiger partial charge is 0.335 e. The summed E-state index contributed by atoms with van der Waals surface area (Å²) in [6.07, 6.45) is 1.59. The van der Waals surface area contributed by atoms with Crippen molar-refractivity contribution in [1.29, 1.82) is 0 Å². The molecular weight excluding hydrogens is 268 g/mol. The number of benzene rings is 1. The van der Waals surface area contributed by atoms with Gasteiger partial charge in [0.2, 0.25) is 0 Å². The van der Waals surface area contributed by atoms with Gasteiger partial charge < -0.3 is 10.4 Å². The Kier molecular flexibility index (Phi) is 4.50. The SMILES string of the molecule is CCC(NC(=O)N1CCc2cc(C(=O)O)ccc21)C(C)C. The first-order valence-corrected chi connectivity index (χ1v) is 7.38. The van der Waals surface area contributed by atoms with Crippen molar-refractivity contribution >= 4 is 17.7 Å². The molecule has 1 aliphatic heterocycles. The van der Waals surface area contributed by atoms with E-state index in [4.69, 9.17) is 5.11 Å². The molecule has 1 atom stereocenters. The number of urea groups is 1. The van der Waals surface area contributed by atoms with Gasteiger partial charge in [0.1, 0.15) is 0 Å². The average Bonchev–Trinajstić information content (AvgIpc) is 2.86. The number of hydrogen-bond donors (Lipinski definition) is 2. The van der Waals surface area contributed by atoms with Gasteiger partial charge in [0.15, 0.2) is 0 Å². The third-order valence-electron chi connectivity index (χ3n) is 4.02. The lowest BCUT2D eigenvalue weighted by Gasteiger charge is -2.25. The molecule has 1 aliphatic rings. The van der Waals surface area contributed by atoms with Crippen LogP contribution in [-0.2, 0) is 6.42 Å². The minimum atomic E-state index is -0.938. The molecule has 1 unspecified atom stereocenters. The number of carbonyl (C=O) groups excluding carboxylic acids is 1. The number of nitrogens with one attached hydrogen (secondary N) is 1. The number of carbonyl (C=O) groups is 2. The third-order valence-corrected chi connectivity index (χ3v) is 4.02. The van der Waals surface area contributed by atoms with Gasteiger partial charge in [0, 0.05) is 18.3 Å². The Morgan fingerprint density at radius 3 is 2.67 bits per heavy atom. The van der Waals surface area contributed by atoms with E-state index in [1.165, 1.54) is 0 Å². The molecule has 0 fully saturated rings. The first-order chi connectivity index (χ1) is 9.93. The van der Waals surface area contributed by atoms with Crippen LogP contribution < -0.4 is 10.2 Å². The van der Waals surface area contributed by atoms with Crippen molar-refractivity contribution in [3.05, 3.63) is 29.3 Å². The van der Waals surface area contributed by atoms with E-state index < -0.39 is 5.97 Å². The summed E-state index contributed by atoms with van der Waals surface area (Å²) in [6, 6.07) is 4.98. The summed E-state index contributed by atoms with van der Waals surface area (Å²) in [7, 11) is 0. The van der Waals surface area contributed by atoms with Crippen molar-refractivity contribution in [3.8, 4) is 0 Å². The van der Waals surface area contributed by atoms with E-state index in [9.17, 15) is 9.59 Å². The van der Waals surface area contributed by atoms with Crippen molar-refractivity contribution in [2.75, 3.05) is 11.4 Å². The maximum absolute atomic E-state index is 12.4. The van der Waals surface area contributed by atoms with Crippen LogP contribution in [0, 0.1) is 5.92 Å². The maximum Gasteiger partial charge on any atom is 0.335 e. The number of rotatable bonds is 4. The second-order valence-electron chi connectivity index (χ2n) is 5.76. The highest BCUT2D eigenvalue weighted by molar-refractivity contribution is 5.96. The Hall–Kier alpha value is -2.04. The molecule has 114 valence electrons. The van der Waals surface area contributed by atoms with Gasteiger partial charge in [0.25, 0.3) is 0 Å². The van der Waals surface area contributed by atoms with E-state index in [-0.39, 0.29) is 17.6 Å². The highest BCUT2D eigenvalue weighted by atomic mass is 16.4. The number of anilines is 1. The molecule has 1 aromatic carbocycles. The largest absolute Gasteiger partial charge is 0.478 e. The van der Waals surface area contributed by atoms with E-state index in [1.54, 1.807) is 23.1 Å². The number of hydrogen-bond acceptors (Lipinski definition) is 2. The minimum Gasteiger partial charge on any atom is -0.478 e. The topological polar surface area (TPSA) is 69.6 Å². The van der Waals surface area contributed by atoms with E-state index in [1.807, 2.05) is 0 Å². The number of carboxylic acids is 1. The molecule has 2 amide bonds. The summed E-state index contributed by atoms with van der Waals surface area (Å²) in [5.41, 5.74) is 2.00. The van der Waals surface area contributed by atoms with Crippen LogP contribution in [0.2, 0.25) is 0 Å². The molecule has 0 aromatic heterocycles. The molecule has 0 bridgehead atoms. The second-order valence-corrected chi connectivity index (χ2v) is 5.76. The molecule has 21 heavy (non-hydrogen) atoms. The Balaban J connectivity index is 2.15. The third kappa shape index (κ3) is 3.17. The summed E-state index contributed by atoms with van der Waals surface area (Å²) in [5, 5.41) is 12.1. The Bertz CT molecular complexity index is 554. The molecule has 0 spiro atoms. The van der Waals surface area contributed by atoms with Crippen molar-refractivity contribution in [2.24, 2.45) is 5.92 Å². The summed E-state index contributed by atoms with van der Waals surface area (Å²) in [4.78, 5) is 25.1. The zero-order chi connectivity index (χ0) is 15.6. The van der Waals surface area contributed by atoms with Gasteiger partial charge in [0.05, 0.1) is 5.56 Å². The fraction of sp³-hybridized carbons (Fsp3) is 0.500. The lowest BCUT2D eigenvalue weighted by Crippen LogP contribution is -2.46. The quantitative estimate of drug-likeness (QED) is 0.895. The van der Waals surface area contributed by atoms with Crippen LogP contribution >= 0.6 is 0 Å². The molecule has 0 saturated carbocycles. The fourth-order valence-electron chi connectivity index (χ4n) is 2.72. The number of fused-ring (bicyclic) bond motifs is 1. The van der Waals surface area contributed by atoms with Crippen molar-refractivity contribution < 1.29 is 14.7 Å². The molecule has 0 aliphatic carbocycles. The van der Waals surface area contributed by atoms with Gasteiger partial charge in [-0.15, -0.1) is 0 Å². The highest BCUT2D eigenvalue weighted by Gasteiger charge is 2.27. The Morgan fingerprint density at radius 1 is 1.38 bits per heavy atom. The zero-order valence-electron chi connectivity index (χ0n) is 12.7. The normalized spacial score (nSPS) is 15.0. The predicted octanol–water partition coefficient (Wildman–Crippen LogP) is 2.89. The molecule has 5 heteroatoms. The summed E-state index contributed by atoms with van der Waals surface area (Å²) < 4.78 is 0. The molecule has 1 aromatic rings. The number of aromatic carboxylic acids is 1. The van der Waals surface area contributed by atoms with Gasteiger partial charge in [-0.2, -0.15) is 0 Å². The molecule has 0 saturated heterocycles. The lowest BCUT2D eigenvalue weighted by molar-refractivity contribution is 0.0697. The van der Waals surface area contributed by atoms with Gasteiger partial charge in [-0.05, 0) is 42.5 Å². The molecule has 2 N–H and O–H groups in total. The van der Waals surface area contributed by atoms with Crippen molar-refractivity contribution in [1.82, 2.24) is 5.32 Å². The Labute approximate surface area is 125 Å². The minimum absolute atomic E-state index is 0.0997. The van der Waals surface area contributed by atoms with Crippen LogP contribution in [0.3, 0.4) is 0 Å². The van der Waals surface area contributed by atoms with E-state index in [0.717, 1.165) is 17.7 Å². The summed E-state index contributed by atoms with van der Waals surface area (Å²) in [6.45, 7) is 6.83. The zero-order valence-corrected chi connectivity index (χ0v) is 12.7. The molecule has 1 heterocycles. The monoisotopic (exact) mass is 290 g/mol. The first kappa shape index (κ1) is 15.4. The van der Waals surface area contributed by atoms with E-state index in [2.05, 4.69) is 26.1 Å². The Morgan fingerprint density at radius 2 is 2.10 bits per heavy atom. The van der Waals surface area contributed by atoms with Crippen LogP contribution in [0.4, 0.5) is 10.5 Å². The highest BCUT2D eigenvalue weighted by Crippen LogP contribution is 2.29. The van der Waals surface area contributed by atoms with Gasteiger partial charge in [-0.25, -0.2) is 9.59 Å². The maximum atomic E-state index is 12.4. The van der Waals surface area contributed by atoms with Crippen LogP contribution in [0.5, 0.6) is 0 Å². The fourth-order valence-corrected chi connectivity index (χ4v) is 2.72. The lowest BCUT2D eigenvalue weighted by atomic mass is 10.0. The molecule has 2 rings (SSSR count).